The van der Waals surface area contributed by atoms with Crippen LogP contribution in [0.2, 0.25) is 0 Å². The summed E-state index contributed by atoms with van der Waals surface area (Å²) in [5.41, 5.74) is 11.4. The molecule has 1 atom stereocenters. The summed E-state index contributed by atoms with van der Waals surface area (Å²) in [4.78, 5) is 20.8. The minimum atomic E-state index is 0.0284. The zero-order valence-corrected chi connectivity index (χ0v) is 23.4. The highest BCUT2D eigenvalue weighted by Gasteiger charge is 2.21. The van der Waals surface area contributed by atoms with E-state index in [1.165, 1.54) is 52.3 Å². The summed E-state index contributed by atoms with van der Waals surface area (Å²) in [7, 11) is 0. The fourth-order valence-electron chi connectivity index (χ4n) is 5.42. The van der Waals surface area contributed by atoms with Gasteiger partial charge in [-0.15, -0.1) is 0 Å². The van der Waals surface area contributed by atoms with E-state index in [0.717, 1.165) is 76.2 Å². The lowest BCUT2D eigenvalue weighted by Crippen LogP contribution is -2.33. The van der Waals surface area contributed by atoms with Gasteiger partial charge in [-0.05, 0) is 82.6 Å². The van der Waals surface area contributed by atoms with E-state index in [0.29, 0.717) is 0 Å². The van der Waals surface area contributed by atoms with Gasteiger partial charge in [0.1, 0.15) is 6.10 Å². The van der Waals surface area contributed by atoms with Crippen molar-refractivity contribution in [1.29, 1.82) is 0 Å². The van der Waals surface area contributed by atoms with Gasteiger partial charge >= 0.3 is 0 Å². The predicted molar refractivity (Wildman–Crippen MR) is 149 cm³/mol. The van der Waals surface area contributed by atoms with E-state index < -0.39 is 0 Å². The second kappa shape index (κ2) is 12.2. The summed E-state index contributed by atoms with van der Waals surface area (Å²) in [6.45, 7) is 17.9. The second-order valence-corrected chi connectivity index (χ2v) is 10.7. The average molecular weight is 492 g/mol. The molecule has 0 bridgehead atoms. The van der Waals surface area contributed by atoms with Gasteiger partial charge in [0.25, 0.3) is 0 Å². The summed E-state index contributed by atoms with van der Waals surface area (Å²) in [5.74, 6) is 0. The number of rotatable bonds is 9. The molecule has 2 aliphatic rings. The third-order valence-electron chi connectivity index (χ3n) is 7.74. The summed E-state index contributed by atoms with van der Waals surface area (Å²) in [6, 6.07) is 4.71. The van der Waals surface area contributed by atoms with Gasteiger partial charge in [-0.1, -0.05) is 25.1 Å². The normalized spacial score (nSPS) is 17.4. The lowest BCUT2D eigenvalue weighted by molar-refractivity contribution is 0.0761. The Morgan fingerprint density at radius 1 is 1.06 bits per heavy atom. The fraction of sp³-hybridized carbons (Fsp3) is 0.633. The van der Waals surface area contributed by atoms with Crippen molar-refractivity contribution in [1.82, 2.24) is 14.9 Å². The third kappa shape index (κ3) is 6.44. The predicted octanol–water partition coefficient (Wildman–Crippen LogP) is 5.59. The number of hydrogen-bond donors (Lipinski definition) is 0. The van der Waals surface area contributed by atoms with Crippen LogP contribution in [-0.4, -0.2) is 52.9 Å². The molecule has 36 heavy (non-hydrogen) atoms. The van der Waals surface area contributed by atoms with Crippen LogP contribution in [0.5, 0.6) is 0 Å². The molecule has 6 nitrogen and oxygen atoms in total. The summed E-state index contributed by atoms with van der Waals surface area (Å²) < 4.78 is 0. The van der Waals surface area contributed by atoms with E-state index in [2.05, 4.69) is 68.6 Å². The number of fused-ring (bicyclic) bond motifs is 2. The highest BCUT2D eigenvalue weighted by molar-refractivity contribution is 5.81. The van der Waals surface area contributed by atoms with E-state index in [9.17, 15) is 0 Å². The van der Waals surface area contributed by atoms with Gasteiger partial charge in [0.15, 0.2) is 0 Å². The van der Waals surface area contributed by atoms with Gasteiger partial charge in [-0.25, -0.2) is 0 Å². The highest BCUT2D eigenvalue weighted by atomic mass is 16.6. The van der Waals surface area contributed by atoms with Crippen LogP contribution < -0.4 is 4.90 Å². The topological polar surface area (TPSA) is 53.9 Å². The van der Waals surface area contributed by atoms with E-state index in [1.54, 1.807) is 0 Å². The number of nitrogens with zero attached hydrogens (tertiary/aromatic N) is 5. The Balaban J connectivity index is 1.29. The Kier molecular flexibility index (Phi) is 9.00. The standard InChI is InChI=1S/C30H45N5O/c1-7-25-18-26-20-34(16-13-28(26)32-27(25)8-2)15-12-22(4)33-36-23(5)19-35-14-10-9-11-29-30(35)17-21(3)24(6)31-29/h17-18,23H,7-16,19-20H2,1-6H3. The molecular weight excluding hydrogens is 446 g/mol. The maximum absolute atomic E-state index is 5.97. The van der Waals surface area contributed by atoms with Crippen LogP contribution in [0.15, 0.2) is 17.3 Å². The molecule has 1 unspecified atom stereocenters. The molecule has 0 fully saturated rings. The Bertz CT molecular complexity index is 1080. The molecule has 0 spiro atoms. The number of oxime groups is 1. The molecule has 0 saturated heterocycles. The van der Waals surface area contributed by atoms with Crippen LogP contribution in [-0.2, 0) is 37.1 Å². The van der Waals surface area contributed by atoms with Crippen molar-refractivity contribution in [3.8, 4) is 0 Å². The zero-order chi connectivity index (χ0) is 25.7. The van der Waals surface area contributed by atoms with E-state index in [1.807, 2.05) is 0 Å². The van der Waals surface area contributed by atoms with E-state index in [-0.39, 0.29) is 6.10 Å². The van der Waals surface area contributed by atoms with E-state index in [4.69, 9.17) is 14.8 Å². The molecule has 2 aliphatic heterocycles. The molecule has 4 heterocycles. The number of pyridine rings is 2. The molecule has 6 heteroatoms. The first kappa shape index (κ1) is 26.6. The Morgan fingerprint density at radius 2 is 1.89 bits per heavy atom. The summed E-state index contributed by atoms with van der Waals surface area (Å²) in [5, 5.41) is 4.51. The quantitative estimate of drug-likeness (QED) is 0.338. The molecule has 0 amide bonds. The molecule has 0 N–H and O–H groups in total. The first-order valence-corrected chi connectivity index (χ1v) is 14.0. The zero-order valence-electron chi connectivity index (χ0n) is 23.4. The monoisotopic (exact) mass is 491 g/mol. The molecule has 0 aliphatic carbocycles. The maximum Gasteiger partial charge on any atom is 0.142 e. The van der Waals surface area contributed by atoms with Crippen LogP contribution in [0.1, 0.15) is 86.4 Å². The van der Waals surface area contributed by atoms with Gasteiger partial charge in [0, 0.05) is 56.1 Å². The highest BCUT2D eigenvalue weighted by Crippen LogP contribution is 2.27. The Morgan fingerprint density at radius 3 is 2.67 bits per heavy atom. The first-order valence-electron chi connectivity index (χ1n) is 14.0. The molecule has 0 aromatic carbocycles. The molecular formula is C30H45N5O. The largest absolute Gasteiger partial charge is 0.391 e. The van der Waals surface area contributed by atoms with Crippen molar-refractivity contribution in [3.63, 3.8) is 0 Å². The smallest absolute Gasteiger partial charge is 0.142 e. The van der Waals surface area contributed by atoms with Crippen LogP contribution in [0.25, 0.3) is 0 Å². The van der Waals surface area contributed by atoms with Crippen LogP contribution in [0, 0.1) is 13.8 Å². The van der Waals surface area contributed by atoms with Crippen LogP contribution in [0.3, 0.4) is 0 Å². The lowest BCUT2D eigenvalue weighted by atomic mass is 9.99. The fourth-order valence-corrected chi connectivity index (χ4v) is 5.42. The third-order valence-corrected chi connectivity index (χ3v) is 7.74. The minimum Gasteiger partial charge on any atom is -0.391 e. The van der Waals surface area contributed by atoms with Crippen LogP contribution >= 0.6 is 0 Å². The van der Waals surface area contributed by atoms with Crippen LogP contribution in [0.4, 0.5) is 5.69 Å². The van der Waals surface area contributed by atoms with Crippen molar-refractivity contribution in [2.24, 2.45) is 5.16 Å². The first-order chi connectivity index (χ1) is 17.4. The van der Waals surface area contributed by atoms with Gasteiger partial charge in [0.2, 0.25) is 0 Å². The van der Waals surface area contributed by atoms with Crippen molar-refractivity contribution < 1.29 is 4.84 Å². The molecule has 4 rings (SSSR count). The number of hydrogen-bond acceptors (Lipinski definition) is 6. The molecule has 2 aromatic rings. The SMILES string of the molecule is CCc1cc2c(nc1CC)CCN(CCC(C)=NOC(C)CN1CCCCc3nc(C)c(C)cc31)C2. The van der Waals surface area contributed by atoms with Gasteiger partial charge in [-0.2, -0.15) is 0 Å². The van der Waals surface area contributed by atoms with Crippen molar-refractivity contribution in [2.75, 3.05) is 31.1 Å². The van der Waals surface area contributed by atoms with Crippen molar-refractivity contribution >= 4 is 11.4 Å². The van der Waals surface area contributed by atoms with Crippen molar-refractivity contribution in [3.05, 3.63) is 51.6 Å². The molecule has 0 saturated carbocycles. The van der Waals surface area contributed by atoms with Gasteiger partial charge in [-0.3, -0.25) is 14.9 Å². The van der Waals surface area contributed by atoms with Crippen molar-refractivity contribution in [2.45, 2.75) is 99.1 Å². The minimum absolute atomic E-state index is 0.0284. The molecule has 0 radical (unpaired) electrons. The van der Waals surface area contributed by atoms with Gasteiger partial charge < -0.3 is 9.74 Å². The Hall–Kier alpha value is -2.47. The Labute approximate surface area is 218 Å². The summed E-state index contributed by atoms with van der Waals surface area (Å²) >= 11 is 0. The van der Waals surface area contributed by atoms with E-state index >= 15 is 0 Å². The molecule has 196 valence electrons. The second-order valence-electron chi connectivity index (χ2n) is 10.7. The average Bonchev–Trinajstić information content (AvgIpc) is 3.07. The maximum atomic E-state index is 5.97. The number of aryl methyl sites for hydroxylation is 5. The lowest BCUT2D eigenvalue weighted by Gasteiger charge is -2.29. The summed E-state index contributed by atoms with van der Waals surface area (Å²) in [6.07, 6.45) is 7.54. The molecule has 2 aromatic heterocycles. The number of aromatic nitrogens is 2. The van der Waals surface area contributed by atoms with Gasteiger partial charge in [0.05, 0.1) is 23.6 Å². The number of anilines is 1.